The van der Waals surface area contributed by atoms with Gasteiger partial charge in [-0.2, -0.15) is 0 Å². The number of hydrogen-bond donors (Lipinski definition) is 3. The first kappa shape index (κ1) is 28.7. The van der Waals surface area contributed by atoms with Crippen molar-refractivity contribution < 1.29 is 27.1 Å². The molecule has 10 heteroatoms. The first-order valence-corrected chi connectivity index (χ1v) is 14.4. The topological polar surface area (TPSA) is 114 Å². The second-order valence-electron chi connectivity index (χ2n) is 10.8. The van der Waals surface area contributed by atoms with Crippen LogP contribution in [0, 0.1) is 11.7 Å². The molecule has 0 aromatic heterocycles. The van der Waals surface area contributed by atoms with Crippen LogP contribution in [0.25, 0.3) is 10.8 Å². The zero-order valence-corrected chi connectivity index (χ0v) is 23.1. The fourth-order valence-corrected chi connectivity index (χ4v) is 6.33. The number of ether oxygens (including phenoxy) is 1. The van der Waals surface area contributed by atoms with Crippen LogP contribution in [0.1, 0.15) is 50.4 Å². The summed E-state index contributed by atoms with van der Waals surface area (Å²) in [5.41, 5.74) is -0.00159. The first-order chi connectivity index (χ1) is 18.4. The number of rotatable bonds is 8. The summed E-state index contributed by atoms with van der Waals surface area (Å²) in [7, 11) is -3.83. The number of sulfonamides is 1. The van der Waals surface area contributed by atoms with E-state index in [9.17, 15) is 22.4 Å². The lowest BCUT2D eigenvalue weighted by molar-refractivity contribution is -0.118. The molecule has 1 aliphatic heterocycles. The van der Waals surface area contributed by atoms with Gasteiger partial charge in [0.05, 0.1) is 4.90 Å². The predicted octanol–water partition coefficient (Wildman–Crippen LogP) is 4.61. The van der Waals surface area contributed by atoms with Crippen molar-refractivity contribution in [2.45, 2.75) is 56.5 Å². The van der Waals surface area contributed by atoms with Crippen molar-refractivity contribution >= 4 is 38.3 Å². The predicted molar refractivity (Wildman–Crippen MR) is 148 cm³/mol. The van der Waals surface area contributed by atoms with E-state index in [-0.39, 0.29) is 16.4 Å². The lowest BCUT2D eigenvalue weighted by Gasteiger charge is -2.27. The summed E-state index contributed by atoms with van der Waals surface area (Å²) in [5, 5.41) is 6.73. The Balaban J connectivity index is 1.62. The van der Waals surface area contributed by atoms with Crippen LogP contribution in [0.15, 0.2) is 65.6 Å². The van der Waals surface area contributed by atoms with Gasteiger partial charge in [-0.3, -0.25) is 9.59 Å². The molecule has 1 atom stereocenters. The maximum atomic E-state index is 13.6. The van der Waals surface area contributed by atoms with Crippen molar-refractivity contribution in [1.82, 2.24) is 10.0 Å². The molecule has 8 nitrogen and oxygen atoms in total. The van der Waals surface area contributed by atoms with Gasteiger partial charge >= 0.3 is 0 Å². The summed E-state index contributed by atoms with van der Waals surface area (Å²) in [4.78, 5) is 26.6. The van der Waals surface area contributed by atoms with E-state index in [1.54, 1.807) is 51.1 Å². The van der Waals surface area contributed by atoms with Gasteiger partial charge < -0.3 is 15.4 Å². The largest absolute Gasteiger partial charge is 0.381 e. The normalized spacial score (nSPS) is 15.6. The Labute approximate surface area is 228 Å². The molecule has 1 heterocycles. The van der Waals surface area contributed by atoms with Crippen LogP contribution in [0.2, 0.25) is 0 Å². The molecule has 3 N–H and O–H groups in total. The van der Waals surface area contributed by atoms with Gasteiger partial charge in [0, 0.05) is 40.8 Å². The van der Waals surface area contributed by atoms with Crippen LogP contribution in [0.3, 0.4) is 0 Å². The summed E-state index contributed by atoms with van der Waals surface area (Å²) in [5.74, 6) is -1.19. The third-order valence-corrected chi connectivity index (χ3v) is 8.32. The third kappa shape index (κ3) is 7.40. The number of halogens is 1. The van der Waals surface area contributed by atoms with Crippen molar-refractivity contribution in [3.63, 3.8) is 0 Å². The van der Waals surface area contributed by atoms with E-state index in [0.29, 0.717) is 36.1 Å². The highest BCUT2D eigenvalue weighted by atomic mass is 32.2. The van der Waals surface area contributed by atoms with Gasteiger partial charge in [-0.1, -0.05) is 24.3 Å². The first-order valence-electron chi connectivity index (χ1n) is 12.9. The summed E-state index contributed by atoms with van der Waals surface area (Å²) in [6, 6.07) is 14.2. The molecular weight excluding hydrogens is 521 g/mol. The highest BCUT2D eigenvalue weighted by molar-refractivity contribution is 7.89. The Kier molecular flexibility index (Phi) is 8.68. The molecule has 1 fully saturated rings. The Hall–Kier alpha value is -3.34. The Morgan fingerprint density at radius 3 is 2.28 bits per heavy atom. The quantitative estimate of drug-likeness (QED) is 0.376. The smallest absolute Gasteiger partial charge is 0.251 e. The zero-order chi connectivity index (χ0) is 28.2. The summed E-state index contributed by atoms with van der Waals surface area (Å²) >= 11 is 0. The van der Waals surface area contributed by atoms with Gasteiger partial charge in [0.25, 0.3) is 5.91 Å². The number of fused-ring (bicyclic) bond motifs is 1. The molecule has 4 rings (SSSR count). The van der Waals surface area contributed by atoms with Gasteiger partial charge in [0.2, 0.25) is 15.9 Å². The Morgan fingerprint density at radius 2 is 1.62 bits per heavy atom. The molecular formula is C29H34FN3O5S. The lowest BCUT2D eigenvalue weighted by Crippen LogP contribution is -2.45. The van der Waals surface area contributed by atoms with Gasteiger partial charge in [-0.05, 0) is 82.3 Å². The Morgan fingerprint density at radius 1 is 0.974 bits per heavy atom. The minimum atomic E-state index is -3.83. The standard InChI is InChI=1S/C29H34FN3O5S/c1-29(2,3)33-39(36,37)26-9-5-6-22-23(26)7-4-8-24(22)31-28(35)25(18-19-14-16-38-17-15-19)32-27(34)20-10-12-21(30)13-11-20/h4-13,19,25,33H,14-18H2,1-3H3,(H,31,35)(H,32,34)/t25-/m0/s1. The third-order valence-electron chi connectivity index (χ3n) is 6.51. The fraction of sp³-hybridized carbons (Fsp3) is 0.379. The second-order valence-corrected chi connectivity index (χ2v) is 12.5. The maximum absolute atomic E-state index is 13.6. The van der Waals surface area contributed by atoms with Crippen molar-refractivity contribution in [2.24, 2.45) is 5.92 Å². The van der Waals surface area contributed by atoms with Gasteiger partial charge in [0.1, 0.15) is 11.9 Å². The number of carbonyl (C=O) groups excluding carboxylic acids is 2. The van der Waals surface area contributed by atoms with Crippen LogP contribution < -0.4 is 15.4 Å². The minimum absolute atomic E-state index is 0.106. The molecule has 0 spiro atoms. The molecule has 1 saturated heterocycles. The summed E-state index contributed by atoms with van der Waals surface area (Å²) in [6.45, 7) is 6.47. The van der Waals surface area contributed by atoms with Crippen LogP contribution in [0.4, 0.5) is 10.1 Å². The molecule has 0 aliphatic carbocycles. The number of benzene rings is 3. The van der Waals surface area contributed by atoms with E-state index in [4.69, 9.17) is 4.74 Å². The van der Waals surface area contributed by atoms with Gasteiger partial charge in [-0.25, -0.2) is 17.5 Å². The fourth-order valence-electron chi connectivity index (χ4n) is 4.69. The van der Waals surface area contributed by atoms with Crippen molar-refractivity contribution in [2.75, 3.05) is 18.5 Å². The van der Waals surface area contributed by atoms with E-state index in [0.717, 1.165) is 12.8 Å². The number of carbonyl (C=O) groups is 2. The molecule has 0 unspecified atom stereocenters. The highest BCUT2D eigenvalue weighted by Crippen LogP contribution is 2.30. The van der Waals surface area contributed by atoms with E-state index in [1.807, 2.05) is 0 Å². The maximum Gasteiger partial charge on any atom is 0.251 e. The summed E-state index contributed by atoms with van der Waals surface area (Å²) in [6.07, 6.45) is 1.95. The molecule has 0 bridgehead atoms. The van der Waals surface area contributed by atoms with E-state index in [2.05, 4.69) is 15.4 Å². The Bertz CT molecular complexity index is 1450. The molecule has 1 aliphatic rings. The van der Waals surface area contributed by atoms with E-state index in [1.165, 1.54) is 30.3 Å². The molecule has 0 saturated carbocycles. The summed E-state index contributed by atoms with van der Waals surface area (Å²) < 4.78 is 47.7. The molecule has 0 radical (unpaired) electrons. The van der Waals surface area contributed by atoms with E-state index >= 15 is 0 Å². The molecule has 3 aromatic carbocycles. The van der Waals surface area contributed by atoms with Gasteiger partial charge in [0.15, 0.2) is 0 Å². The van der Waals surface area contributed by atoms with Crippen molar-refractivity contribution in [1.29, 1.82) is 0 Å². The second kappa shape index (κ2) is 11.8. The van der Waals surface area contributed by atoms with Crippen molar-refractivity contribution in [3.8, 4) is 0 Å². The average Bonchev–Trinajstić information content (AvgIpc) is 2.87. The SMILES string of the molecule is CC(C)(C)NS(=O)(=O)c1cccc2c(NC(=O)[C@H](CC3CCOCC3)NC(=O)c3ccc(F)cc3)cccc12. The van der Waals surface area contributed by atoms with Gasteiger partial charge in [-0.15, -0.1) is 0 Å². The molecule has 208 valence electrons. The van der Waals surface area contributed by atoms with Crippen LogP contribution >= 0.6 is 0 Å². The van der Waals surface area contributed by atoms with Crippen LogP contribution in [-0.2, 0) is 19.6 Å². The molecule has 39 heavy (non-hydrogen) atoms. The zero-order valence-electron chi connectivity index (χ0n) is 22.3. The number of nitrogens with one attached hydrogen (secondary N) is 3. The highest BCUT2D eigenvalue weighted by Gasteiger charge is 2.28. The van der Waals surface area contributed by atoms with Crippen LogP contribution in [0.5, 0.6) is 0 Å². The number of hydrogen-bond acceptors (Lipinski definition) is 5. The minimum Gasteiger partial charge on any atom is -0.381 e. The lowest BCUT2D eigenvalue weighted by atomic mass is 9.92. The van der Waals surface area contributed by atoms with E-state index < -0.39 is 39.2 Å². The average molecular weight is 556 g/mol. The van der Waals surface area contributed by atoms with Crippen molar-refractivity contribution in [3.05, 3.63) is 72.0 Å². The molecule has 2 amide bonds. The monoisotopic (exact) mass is 555 g/mol. The number of amides is 2. The number of anilines is 1. The molecule has 3 aromatic rings. The van der Waals surface area contributed by atoms with Crippen LogP contribution in [-0.4, -0.2) is 45.0 Å².